The van der Waals surface area contributed by atoms with E-state index >= 15 is 0 Å². The summed E-state index contributed by atoms with van der Waals surface area (Å²) < 4.78 is 17.1. The van der Waals surface area contributed by atoms with Crippen LogP contribution in [0.3, 0.4) is 0 Å². The monoisotopic (exact) mass is 390 g/mol. The smallest absolute Gasteiger partial charge is 0.334 e. The number of aliphatic hydroxyl groups is 1. The minimum atomic E-state index is -0.940. The van der Waals surface area contributed by atoms with Crippen LogP contribution in [0.2, 0.25) is 0 Å². The highest BCUT2D eigenvalue weighted by molar-refractivity contribution is 5.91. The lowest BCUT2D eigenvalue weighted by Crippen LogP contribution is -2.37. The van der Waals surface area contributed by atoms with E-state index in [9.17, 15) is 14.7 Å². The van der Waals surface area contributed by atoms with Gasteiger partial charge in [0.25, 0.3) is 0 Å². The molecular formula is C22H30O6. The van der Waals surface area contributed by atoms with Crippen molar-refractivity contribution in [3.05, 3.63) is 36.0 Å². The van der Waals surface area contributed by atoms with Crippen molar-refractivity contribution in [2.24, 2.45) is 5.92 Å². The molecule has 3 rings (SSSR count). The summed E-state index contributed by atoms with van der Waals surface area (Å²) in [4.78, 5) is 23.9. The molecule has 3 aliphatic rings. The number of esters is 2. The second-order valence-electron chi connectivity index (χ2n) is 8.64. The van der Waals surface area contributed by atoms with Crippen LogP contribution in [0.1, 0.15) is 53.4 Å². The second-order valence-corrected chi connectivity index (χ2v) is 8.64. The highest BCUT2D eigenvalue weighted by Crippen LogP contribution is 2.47. The minimum Gasteiger partial charge on any atom is -0.459 e. The molecule has 6 nitrogen and oxygen atoms in total. The van der Waals surface area contributed by atoms with Gasteiger partial charge < -0.3 is 19.3 Å². The molecule has 0 bridgehead atoms. The van der Waals surface area contributed by atoms with Gasteiger partial charge in [-0.05, 0) is 52.5 Å². The molecule has 0 saturated carbocycles. The molecule has 0 radical (unpaired) electrons. The fourth-order valence-electron chi connectivity index (χ4n) is 4.14. The van der Waals surface area contributed by atoms with Crippen molar-refractivity contribution < 1.29 is 28.9 Å². The number of hydrogen-bond acceptors (Lipinski definition) is 6. The van der Waals surface area contributed by atoms with E-state index in [1.165, 1.54) is 6.92 Å². The van der Waals surface area contributed by atoms with Crippen molar-refractivity contribution >= 4 is 11.9 Å². The summed E-state index contributed by atoms with van der Waals surface area (Å²) in [5.41, 5.74) is -0.162. The lowest BCUT2D eigenvalue weighted by molar-refractivity contribution is -0.151. The molecular weight excluding hydrogens is 360 g/mol. The molecule has 6 heteroatoms. The first-order chi connectivity index (χ1) is 13.0. The molecule has 0 aromatic heterocycles. The topological polar surface area (TPSA) is 85.4 Å². The van der Waals surface area contributed by atoms with Crippen LogP contribution in [0.4, 0.5) is 0 Å². The van der Waals surface area contributed by atoms with Crippen LogP contribution in [-0.2, 0) is 23.8 Å². The summed E-state index contributed by atoms with van der Waals surface area (Å²) in [7, 11) is 0. The van der Waals surface area contributed by atoms with E-state index in [-0.39, 0.29) is 12.0 Å². The van der Waals surface area contributed by atoms with Crippen molar-refractivity contribution in [3.63, 3.8) is 0 Å². The third-order valence-corrected chi connectivity index (χ3v) is 6.02. The zero-order valence-electron chi connectivity index (χ0n) is 17.1. The number of fused-ring (bicyclic) bond motifs is 2. The Balaban J connectivity index is 1.93. The standard InChI is InChI=1S/C22H30O6/c1-13-7-6-9-21(4,25)10-8-18-22(5,28-18)19(26-15(3)23)12-16-14(2)20(24)27-17(16)11-13/h6,9,11,16-19,25H,2,7-8,10,12H2,1,3-5H3/b9-6+,13-11+/t16-,17-,18-,19+,21+,22-/m0/s1. The zero-order valence-corrected chi connectivity index (χ0v) is 17.1. The molecule has 2 saturated heterocycles. The third-order valence-electron chi connectivity index (χ3n) is 6.02. The number of rotatable bonds is 1. The second kappa shape index (κ2) is 7.48. The summed E-state index contributed by atoms with van der Waals surface area (Å²) >= 11 is 0. The molecule has 0 amide bonds. The summed E-state index contributed by atoms with van der Waals surface area (Å²) in [5, 5.41) is 10.6. The molecule has 28 heavy (non-hydrogen) atoms. The lowest BCUT2D eigenvalue weighted by Gasteiger charge is -2.26. The number of epoxide rings is 1. The van der Waals surface area contributed by atoms with E-state index < -0.39 is 35.3 Å². The number of hydrogen-bond donors (Lipinski definition) is 1. The Morgan fingerprint density at radius 2 is 2.11 bits per heavy atom. The number of carbonyl (C=O) groups excluding carboxylic acids is 2. The van der Waals surface area contributed by atoms with Crippen molar-refractivity contribution in [2.75, 3.05) is 0 Å². The van der Waals surface area contributed by atoms with Gasteiger partial charge in [-0.2, -0.15) is 0 Å². The van der Waals surface area contributed by atoms with Crippen LogP contribution in [0.25, 0.3) is 0 Å². The lowest BCUT2D eigenvalue weighted by atomic mass is 9.83. The largest absolute Gasteiger partial charge is 0.459 e. The van der Waals surface area contributed by atoms with Gasteiger partial charge in [-0.25, -0.2) is 4.79 Å². The minimum absolute atomic E-state index is 0.123. The van der Waals surface area contributed by atoms with Gasteiger partial charge >= 0.3 is 11.9 Å². The average molecular weight is 390 g/mol. The molecule has 6 atom stereocenters. The van der Waals surface area contributed by atoms with E-state index in [4.69, 9.17) is 14.2 Å². The van der Waals surface area contributed by atoms with Crippen molar-refractivity contribution in [2.45, 2.75) is 82.9 Å². The van der Waals surface area contributed by atoms with Crippen LogP contribution in [0, 0.1) is 5.92 Å². The maximum Gasteiger partial charge on any atom is 0.334 e. The highest BCUT2D eigenvalue weighted by atomic mass is 16.6. The Kier molecular flexibility index (Phi) is 5.56. The molecule has 1 N–H and O–H groups in total. The van der Waals surface area contributed by atoms with Gasteiger partial charge in [0.1, 0.15) is 17.8 Å². The Bertz CT molecular complexity index is 733. The summed E-state index contributed by atoms with van der Waals surface area (Å²) in [6, 6.07) is 0. The van der Waals surface area contributed by atoms with Crippen LogP contribution in [0.15, 0.2) is 36.0 Å². The fraction of sp³-hybridized carbons (Fsp3) is 0.636. The van der Waals surface area contributed by atoms with Crippen LogP contribution in [0.5, 0.6) is 0 Å². The number of carbonyl (C=O) groups is 2. The molecule has 154 valence electrons. The van der Waals surface area contributed by atoms with E-state index in [0.29, 0.717) is 31.3 Å². The van der Waals surface area contributed by atoms with E-state index in [2.05, 4.69) is 6.58 Å². The van der Waals surface area contributed by atoms with Crippen molar-refractivity contribution in [1.29, 1.82) is 0 Å². The van der Waals surface area contributed by atoms with E-state index in [0.717, 1.165) is 5.57 Å². The van der Waals surface area contributed by atoms with E-state index in [1.807, 2.05) is 26.0 Å². The number of allylic oxidation sites excluding steroid dienone is 2. The predicted octanol–water partition coefficient (Wildman–Crippen LogP) is 3.00. The first-order valence-corrected chi connectivity index (χ1v) is 9.84. The first-order valence-electron chi connectivity index (χ1n) is 9.84. The van der Waals surface area contributed by atoms with Crippen molar-refractivity contribution in [1.82, 2.24) is 0 Å². The average Bonchev–Trinajstić information content (AvgIpc) is 3.18. The van der Waals surface area contributed by atoms with Gasteiger partial charge in [-0.15, -0.1) is 0 Å². The zero-order chi connectivity index (χ0) is 20.7. The maximum absolute atomic E-state index is 12.1. The molecule has 1 aliphatic carbocycles. The van der Waals surface area contributed by atoms with Crippen LogP contribution >= 0.6 is 0 Å². The van der Waals surface area contributed by atoms with Gasteiger partial charge in [-0.3, -0.25) is 4.79 Å². The first kappa shape index (κ1) is 20.8. The third kappa shape index (κ3) is 4.39. The van der Waals surface area contributed by atoms with Gasteiger partial charge in [0.2, 0.25) is 0 Å². The number of ether oxygens (including phenoxy) is 3. The molecule has 0 aromatic carbocycles. The fourth-order valence-corrected chi connectivity index (χ4v) is 4.14. The Labute approximate surface area is 166 Å². The molecule has 0 spiro atoms. The van der Waals surface area contributed by atoms with E-state index in [1.54, 1.807) is 13.0 Å². The molecule has 2 heterocycles. The van der Waals surface area contributed by atoms with Gasteiger partial charge in [0.05, 0.1) is 11.7 Å². The summed E-state index contributed by atoms with van der Waals surface area (Å²) in [6.45, 7) is 10.9. The van der Waals surface area contributed by atoms with Gasteiger partial charge in [0.15, 0.2) is 0 Å². The van der Waals surface area contributed by atoms with Gasteiger partial charge in [-0.1, -0.05) is 24.3 Å². The quantitative estimate of drug-likeness (QED) is 0.321. The molecule has 0 unspecified atom stereocenters. The summed E-state index contributed by atoms with van der Waals surface area (Å²) in [5.74, 6) is -1.08. The Hall–Kier alpha value is -1.92. The molecule has 0 aromatic rings. The molecule has 2 aliphatic heterocycles. The van der Waals surface area contributed by atoms with Crippen LogP contribution < -0.4 is 0 Å². The Morgan fingerprint density at radius 3 is 2.79 bits per heavy atom. The SMILES string of the molecule is C=C1C(=O)O[C@H]2/C=C(\C)C/C=C/[C@@](C)(O)CC[C@@H]3O[C@]3(C)[C@H](OC(C)=O)C[C@@H]12. The van der Waals surface area contributed by atoms with Crippen LogP contribution in [-0.4, -0.2) is 46.6 Å². The molecule has 2 fully saturated rings. The Morgan fingerprint density at radius 1 is 1.39 bits per heavy atom. The van der Waals surface area contributed by atoms with Gasteiger partial charge in [0, 0.05) is 18.4 Å². The summed E-state index contributed by atoms with van der Waals surface area (Å²) in [6.07, 6.45) is 6.80. The maximum atomic E-state index is 12.1. The normalized spacial score (nSPS) is 44.2. The predicted molar refractivity (Wildman–Crippen MR) is 103 cm³/mol. The van der Waals surface area contributed by atoms with Crippen molar-refractivity contribution in [3.8, 4) is 0 Å². The highest BCUT2D eigenvalue weighted by Gasteiger charge is 2.60.